The number of ether oxygens (including phenoxy) is 2. The Kier molecular flexibility index (Phi) is 5.44. The first-order chi connectivity index (χ1) is 11.0. The highest BCUT2D eigenvalue weighted by atomic mass is 32.1. The summed E-state index contributed by atoms with van der Waals surface area (Å²) in [5.74, 6) is 1.09. The molecule has 0 radical (unpaired) electrons. The van der Waals surface area contributed by atoms with Crippen molar-refractivity contribution in [3.63, 3.8) is 0 Å². The van der Waals surface area contributed by atoms with Gasteiger partial charge in [-0.3, -0.25) is 14.2 Å². The molecule has 23 heavy (non-hydrogen) atoms. The van der Waals surface area contributed by atoms with Crippen LogP contribution in [0.1, 0.15) is 11.3 Å². The number of hydrogen-bond acceptors (Lipinski definition) is 5. The number of carbonyl (C=O) groups is 1. The van der Waals surface area contributed by atoms with E-state index >= 15 is 0 Å². The summed E-state index contributed by atoms with van der Waals surface area (Å²) in [4.78, 5) is 25.5. The van der Waals surface area contributed by atoms with E-state index in [2.05, 4.69) is 0 Å². The van der Waals surface area contributed by atoms with Crippen LogP contribution in [0.2, 0.25) is 0 Å². The van der Waals surface area contributed by atoms with E-state index in [0.717, 1.165) is 22.6 Å². The summed E-state index contributed by atoms with van der Waals surface area (Å²) >= 11 is 1.10. The number of para-hydroxylation sites is 1. The molecule has 0 aliphatic carbocycles. The van der Waals surface area contributed by atoms with Crippen molar-refractivity contribution in [2.24, 2.45) is 0 Å². The number of carbonyl (C=O) groups excluding carboxylic acids is 1. The smallest absolute Gasteiger partial charge is 0.307 e. The van der Waals surface area contributed by atoms with Crippen molar-refractivity contribution in [3.8, 4) is 11.5 Å². The monoisotopic (exact) mass is 336 g/mol. The van der Waals surface area contributed by atoms with Gasteiger partial charge in [0.15, 0.2) is 11.5 Å². The van der Waals surface area contributed by atoms with Crippen LogP contribution in [0.25, 0.3) is 0 Å². The number of rotatable bonds is 6. The van der Waals surface area contributed by atoms with Gasteiger partial charge in [-0.05, 0) is 13.0 Å². The van der Waals surface area contributed by atoms with Gasteiger partial charge in [0.1, 0.15) is 6.54 Å². The molecule has 2 rings (SSSR count). The lowest BCUT2D eigenvalue weighted by molar-refractivity contribution is -0.131. The molecule has 1 amide bonds. The van der Waals surface area contributed by atoms with Crippen LogP contribution < -0.4 is 14.3 Å². The van der Waals surface area contributed by atoms with Crippen LogP contribution in [-0.4, -0.2) is 36.6 Å². The van der Waals surface area contributed by atoms with Crippen molar-refractivity contribution >= 4 is 17.2 Å². The average molecular weight is 336 g/mol. The summed E-state index contributed by atoms with van der Waals surface area (Å²) < 4.78 is 12.1. The summed E-state index contributed by atoms with van der Waals surface area (Å²) in [5.41, 5.74) is 1.64. The van der Waals surface area contributed by atoms with E-state index in [1.165, 1.54) is 4.57 Å². The number of aryl methyl sites for hydroxylation is 1. The van der Waals surface area contributed by atoms with E-state index in [9.17, 15) is 9.59 Å². The number of hydrogen-bond donors (Lipinski definition) is 0. The van der Waals surface area contributed by atoms with Crippen LogP contribution >= 0.6 is 11.3 Å². The molecule has 0 atom stereocenters. The Morgan fingerprint density at radius 1 is 1.30 bits per heavy atom. The molecular formula is C16H20N2O4S. The van der Waals surface area contributed by atoms with Crippen LogP contribution in [0, 0.1) is 6.92 Å². The average Bonchev–Trinajstić information content (AvgIpc) is 2.86. The topological polar surface area (TPSA) is 60.8 Å². The highest BCUT2D eigenvalue weighted by Gasteiger charge is 2.16. The number of likely N-dealkylation sites (N-methyl/N-ethyl adjacent to an activating group) is 1. The highest BCUT2D eigenvalue weighted by Crippen LogP contribution is 2.31. The van der Waals surface area contributed by atoms with E-state index in [-0.39, 0.29) is 17.3 Å². The first-order valence-corrected chi connectivity index (χ1v) is 7.94. The Hall–Kier alpha value is -2.28. The van der Waals surface area contributed by atoms with Crippen LogP contribution in [-0.2, 0) is 17.9 Å². The lowest BCUT2D eigenvalue weighted by Crippen LogP contribution is -2.32. The van der Waals surface area contributed by atoms with Gasteiger partial charge in [0.25, 0.3) is 0 Å². The zero-order chi connectivity index (χ0) is 17.0. The zero-order valence-electron chi connectivity index (χ0n) is 13.7. The highest BCUT2D eigenvalue weighted by molar-refractivity contribution is 7.07. The maximum Gasteiger partial charge on any atom is 0.307 e. The number of thiazole rings is 1. The summed E-state index contributed by atoms with van der Waals surface area (Å²) in [6.07, 6.45) is 0. The molecule has 1 heterocycles. The minimum Gasteiger partial charge on any atom is -0.493 e. The van der Waals surface area contributed by atoms with E-state index in [1.54, 1.807) is 37.6 Å². The SMILES string of the molecule is COc1cccc(CN(C)C(=O)Cn2c(C)csc2=O)c1OC. The molecule has 0 aliphatic heterocycles. The number of benzene rings is 1. The molecule has 1 aromatic carbocycles. The molecule has 0 aliphatic rings. The molecule has 0 saturated heterocycles. The molecule has 1 aromatic heterocycles. The summed E-state index contributed by atoms with van der Waals surface area (Å²) in [6, 6.07) is 5.54. The van der Waals surface area contributed by atoms with Crippen molar-refractivity contribution in [1.29, 1.82) is 0 Å². The number of methoxy groups -OCH3 is 2. The van der Waals surface area contributed by atoms with Gasteiger partial charge in [-0.1, -0.05) is 23.5 Å². The fourth-order valence-corrected chi connectivity index (χ4v) is 3.01. The number of amides is 1. The predicted molar refractivity (Wildman–Crippen MR) is 89.3 cm³/mol. The Labute approximate surface area is 138 Å². The fraction of sp³-hybridized carbons (Fsp3) is 0.375. The van der Waals surface area contributed by atoms with Gasteiger partial charge in [0.2, 0.25) is 5.91 Å². The third-order valence-electron chi connectivity index (χ3n) is 3.59. The Bertz CT molecular complexity index is 751. The van der Waals surface area contributed by atoms with Crippen LogP contribution in [0.4, 0.5) is 0 Å². The molecular weight excluding hydrogens is 316 g/mol. The van der Waals surface area contributed by atoms with E-state index in [4.69, 9.17) is 9.47 Å². The third-order valence-corrected chi connectivity index (χ3v) is 4.47. The molecule has 0 N–H and O–H groups in total. The normalized spacial score (nSPS) is 10.4. The number of aromatic nitrogens is 1. The second-order valence-electron chi connectivity index (χ2n) is 5.13. The third kappa shape index (κ3) is 3.73. The quantitative estimate of drug-likeness (QED) is 0.808. The standard InChI is InChI=1S/C16H20N2O4S/c1-11-10-23-16(20)18(11)9-14(19)17(2)8-12-6-5-7-13(21-3)15(12)22-4/h5-7,10H,8-9H2,1-4H3. The molecule has 124 valence electrons. The van der Waals surface area contributed by atoms with Gasteiger partial charge >= 0.3 is 4.87 Å². The molecule has 6 nitrogen and oxygen atoms in total. The van der Waals surface area contributed by atoms with Gasteiger partial charge in [-0.2, -0.15) is 0 Å². The number of nitrogens with zero attached hydrogens (tertiary/aromatic N) is 2. The molecule has 0 bridgehead atoms. The van der Waals surface area contributed by atoms with Crippen molar-refractivity contribution in [1.82, 2.24) is 9.47 Å². The van der Waals surface area contributed by atoms with E-state index in [1.807, 2.05) is 19.1 Å². The van der Waals surface area contributed by atoms with Crippen LogP contribution in [0.15, 0.2) is 28.4 Å². The molecule has 0 spiro atoms. The van der Waals surface area contributed by atoms with Crippen molar-refractivity contribution in [3.05, 3.63) is 44.5 Å². The first-order valence-electron chi connectivity index (χ1n) is 7.06. The predicted octanol–water partition coefficient (Wildman–Crippen LogP) is 1.89. The second kappa shape index (κ2) is 7.32. The van der Waals surface area contributed by atoms with Crippen LogP contribution in [0.3, 0.4) is 0 Å². The Balaban J connectivity index is 2.14. The van der Waals surface area contributed by atoms with Gasteiger partial charge in [0.05, 0.1) is 14.2 Å². The molecule has 7 heteroatoms. The minimum absolute atomic E-state index is 0.0386. The lowest BCUT2D eigenvalue weighted by atomic mass is 10.1. The first kappa shape index (κ1) is 17.1. The zero-order valence-corrected chi connectivity index (χ0v) is 14.5. The molecule has 0 unspecified atom stereocenters. The summed E-state index contributed by atoms with van der Waals surface area (Å²) in [6.45, 7) is 2.23. The van der Waals surface area contributed by atoms with E-state index in [0.29, 0.717) is 18.0 Å². The maximum atomic E-state index is 12.4. The summed E-state index contributed by atoms with van der Waals surface area (Å²) in [5, 5.41) is 1.75. The second-order valence-corrected chi connectivity index (χ2v) is 5.95. The van der Waals surface area contributed by atoms with Gasteiger partial charge < -0.3 is 14.4 Å². The fourth-order valence-electron chi connectivity index (χ4n) is 2.27. The van der Waals surface area contributed by atoms with Crippen molar-refractivity contribution < 1.29 is 14.3 Å². The minimum atomic E-state index is -0.140. The van der Waals surface area contributed by atoms with Gasteiger partial charge in [0, 0.05) is 30.2 Å². The molecule has 0 saturated carbocycles. The van der Waals surface area contributed by atoms with Crippen LogP contribution in [0.5, 0.6) is 11.5 Å². The lowest BCUT2D eigenvalue weighted by Gasteiger charge is -2.20. The Morgan fingerprint density at radius 2 is 2.04 bits per heavy atom. The van der Waals surface area contributed by atoms with Gasteiger partial charge in [-0.25, -0.2) is 0 Å². The van der Waals surface area contributed by atoms with Crippen molar-refractivity contribution in [2.45, 2.75) is 20.0 Å². The van der Waals surface area contributed by atoms with E-state index < -0.39 is 0 Å². The molecule has 2 aromatic rings. The Morgan fingerprint density at radius 3 is 2.61 bits per heavy atom. The summed E-state index contributed by atoms with van der Waals surface area (Å²) in [7, 11) is 4.84. The maximum absolute atomic E-state index is 12.4. The largest absolute Gasteiger partial charge is 0.493 e. The van der Waals surface area contributed by atoms with Crippen molar-refractivity contribution in [2.75, 3.05) is 21.3 Å². The molecule has 0 fully saturated rings. The van der Waals surface area contributed by atoms with Gasteiger partial charge in [-0.15, -0.1) is 0 Å².